The molecule has 0 saturated heterocycles. The Labute approximate surface area is 122 Å². The van der Waals surface area contributed by atoms with Crippen molar-refractivity contribution in [3.05, 3.63) is 65.0 Å². The number of hydrogen-bond acceptors (Lipinski definition) is 2. The molecule has 20 heavy (non-hydrogen) atoms. The largest absolute Gasteiger partial charge is 0.308 e. The van der Waals surface area contributed by atoms with Crippen LogP contribution in [0.4, 0.5) is 0 Å². The summed E-state index contributed by atoms with van der Waals surface area (Å²) >= 11 is 0. The third kappa shape index (κ3) is 3.67. The Balaban J connectivity index is 2.32. The predicted octanol–water partition coefficient (Wildman–Crippen LogP) is 3.90. The molecule has 106 valence electrons. The zero-order valence-corrected chi connectivity index (χ0v) is 12.9. The smallest absolute Gasteiger partial charge is 0.0749 e. The van der Waals surface area contributed by atoms with Crippen LogP contribution in [-0.2, 0) is 6.42 Å². The number of benzene rings is 1. The standard InChI is InChI=1S/C18H24N2/c1-13(2)11-15-8-6-9-16(12-15)18(19-4)17-10-5-7-14(3)20-17/h5-10,12-13,18-19H,11H2,1-4H3. The first-order chi connectivity index (χ1) is 9.60. The van der Waals surface area contributed by atoms with Gasteiger partial charge in [0.2, 0.25) is 0 Å². The first kappa shape index (κ1) is 14.7. The van der Waals surface area contributed by atoms with Gasteiger partial charge in [-0.05, 0) is 49.6 Å². The second-order valence-electron chi connectivity index (χ2n) is 5.77. The van der Waals surface area contributed by atoms with E-state index in [9.17, 15) is 0 Å². The minimum absolute atomic E-state index is 0.155. The fourth-order valence-electron chi connectivity index (χ4n) is 2.58. The molecule has 0 amide bonds. The monoisotopic (exact) mass is 268 g/mol. The van der Waals surface area contributed by atoms with E-state index in [0.717, 1.165) is 17.8 Å². The molecule has 2 heteroatoms. The van der Waals surface area contributed by atoms with E-state index in [1.165, 1.54) is 11.1 Å². The van der Waals surface area contributed by atoms with Crippen molar-refractivity contribution in [3.63, 3.8) is 0 Å². The normalized spacial score (nSPS) is 12.7. The van der Waals surface area contributed by atoms with Crippen LogP contribution >= 0.6 is 0 Å². The summed E-state index contributed by atoms with van der Waals surface area (Å²) in [5, 5.41) is 3.38. The molecule has 1 heterocycles. The summed E-state index contributed by atoms with van der Waals surface area (Å²) in [4.78, 5) is 4.65. The minimum atomic E-state index is 0.155. The van der Waals surface area contributed by atoms with Crippen molar-refractivity contribution >= 4 is 0 Å². The Hall–Kier alpha value is -1.67. The third-order valence-corrected chi connectivity index (χ3v) is 3.42. The predicted molar refractivity (Wildman–Crippen MR) is 84.9 cm³/mol. The highest BCUT2D eigenvalue weighted by Gasteiger charge is 2.14. The van der Waals surface area contributed by atoms with Crippen molar-refractivity contribution in [2.24, 2.45) is 5.92 Å². The molecule has 1 N–H and O–H groups in total. The molecule has 0 radical (unpaired) electrons. The minimum Gasteiger partial charge on any atom is -0.308 e. The highest BCUT2D eigenvalue weighted by Crippen LogP contribution is 2.22. The molecule has 0 bridgehead atoms. The van der Waals surface area contributed by atoms with E-state index in [1.807, 2.05) is 20.0 Å². The average molecular weight is 268 g/mol. The SMILES string of the molecule is CNC(c1cccc(CC(C)C)c1)c1cccc(C)n1. The van der Waals surface area contributed by atoms with Gasteiger partial charge in [-0.1, -0.05) is 44.2 Å². The topological polar surface area (TPSA) is 24.9 Å². The number of aryl methyl sites for hydroxylation is 1. The van der Waals surface area contributed by atoms with E-state index in [0.29, 0.717) is 5.92 Å². The number of nitrogens with zero attached hydrogens (tertiary/aromatic N) is 1. The lowest BCUT2D eigenvalue weighted by Crippen LogP contribution is -2.19. The maximum Gasteiger partial charge on any atom is 0.0749 e. The van der Waals surface area contributed by atoms with Crippen LogP contribution in [0, 0.1) is 12.8 Å². The van der Waals surface area contributed by atoms with Crippen LogP contribution in [0.15, 0.2) is 42.5 Å². The Morgan fingerprint density at radius 2 is 1.85 bits per heavy atom. The van der Waals surface area contributed by atoms with Crippen LogP contribution in [0.1, 0.15) is 42.4 Å². The van der Waals surface area contributed by atoms with E-state index in [1.54, 1.807) is 0 Å². The average Bonchev–Trinajstić information content (AvgIpc) is 2.39. The first-order valence-electron chi connectivity index (χ1n) is 7.30. The Bertz CT molecular complexity index is 561. The van der Waals surface area contributed by atoms with Crippen molar-refractivity contribution in [1.29, 1.82) is 0 Å². The van der Waals surface area contributed by atoms with Crippen LogP contribution in [0.25, 0.3) is 0 Å². The maximum absolute atomic E-state index is 4.65. The summed E-state index contributed by atoms with van der Waals surface area (Å²) in [5.41, 5.74) is 4.81. The molecule has 0 aliphatic heterocycles. The summed E-state index contributed by atoms with van der Waals surface area (Å²) in [5.74, 6) is 0.676. The van der Waals surface area contributed by atoms with Gasteiger partial charge in [-0.25, -0.2) is 0 Å². The number of pyridine rings is 1. The quantitative estimate of drug-likeness (QED) is 0.889. The summed E-state index contributed by atoms with van der Waals surface area (Å²) < 4.78 is 0. The van der Waals surface area contributed by atoms with Crippen LogP contribution in [-0.4, -0.2) is 12.0 Å². The van der Waals surface area contributed by atoms with Crippen molar-refractivity contribution in [1.82, 2.24) is 10.3 Å². The van der Waals surface area contributed by atoms with Crippen LogP contribution in [0.2, 0.25) is 0 Å². The van der Waals surface area contributed by atoms with E-state index in [2.05, 4.69) is 60.5 Å². The number of nitrogens with one attached hydrogen (secondary N) is 1. The van der Waals surface area contributed by atoms with Gasteiger partial charge in [-0.3, -0.25) is 4.98 Å². The summed E-state index contributed by atoms with van der Waals surface area (Å²) in [6, 6.07) is 15.2. The second-order valence-corrected chi connectivity index (χ2v) is 5.77. The molecule has 1 atom stereocenters. The number of aromatic nitrogens is 1. The fourth-order valence-corrected chi connectivity index (χ4v) is 2.58. The molecule has 2 rings (SSSR count). The van der Waals surface area contributed by atoms with E-state index < -0.39 is 0 Å². The molecule has 2 nitrogen and oxygen atoms in total. The lowest BCUT2D eigenvalue weighted by Gasteiger charge is -2.18. The molecule has 1 aromatic carbocycles. The molecule has 2 aromatic rings. The Kier molecular flexibility index (Phi) is 4.91. The number of rotatable bonds is 5. The third-order valence-electron chi connectivity index (χ3n) is 3.42. The Morgan fingerprint density at radius 1 is 1.10 bits per heavy atom. The van der Waals surface area contributed by atoms with Crippen LogP contribution in [0.5, 0.6) is 0 Å². The van der Waals surface area contributed by atoms with E-state index >= 15 is 0 Å². The molecular weight excluding hydrogens is 244 g/mol. The van der Waals surface area contributed by atoms with Gasteiger partial charge in [0, 0.05) is 5.69 Å². The fraction of sp³-hybridized carbons (Fsp3) is 0.389. The first-order valence-corrected chi connectivity index (χ1v) is 7.30. The molecule has 0 aliphatic carbocycles. The molecule has 1 aromatic heterocycles. The molecule has 0 fully saturated rings. The van der Waals surface area contributed by atoms with Gasteiger partial charge in [0.05, 0.1) is 11.7 Å². The van der Waals surface area contributed by atoms with Gasteiger partial charge < -0.3 is 5.32 Å². The van der Waals surface area contributed by atoms with Crippen LogP contribution < -0.4 is 5.32 Å². The lowest BCUT2D eigenvalue weighted by atomic mass is 9.96. The van der Waals surface area contributed by atoms with Gasteiger partial charge in [-0.15, -0.1) is 0 Å². The molecular formula is C18H24N2. The molecule has 0 aliphatic rings. The van der Waals surface area contributed by atoms with Gasteiger partial charge in [0.15, 0.2) is 0 Å². The summed E-state index contributed by atoms with van der Waals surface area (Å²) in [6.07, 6.45) is 1.12. The zero-order valence-electron chi connectivity index (χ0n) is 12.9. The number of hydrogen-bond donors (Lipinski definition) is 1. The lowest BCUT2D eigenvalue weighted by molar-refractivity contribution is 0.640. The highest BCUT2D eigenvalue weighted by molar-refractivity contribution is 5.32. The van der Waals surface area contributed by atoms with E-state index in [4.69, 9.17) is 0 Å². The maximum atomic E-state index is 4.65. The van der Waals surface area contributed by atoms with Gasteiger partial charge >= 0.3 is 0 Å². The van der Waals surface area contributed by atoms with Crippen molar-refractivity contribution in [2.75, 3.05) is 7.05 Å². The van der Waals surface area contributed by atoms with E-state index in [-0.39, 0.29) is 6.04 Å². The van der Waals surface area contributed by atoms with Gasteiger partial charge in [0.1, 0.15) is 0 Å². The Morgan fingerprint density at radius 3 is 2.50 bits per heavy atom. The van der Waals surface area contributed by atoms with Gasteiger partial charge in [-0.2, -0.15) is 0 Å². The summed E-state index contributed by atoms with van der Waals surface area (Å²) in [7, 11) is 1.99. The zero-order chi connectivity index (χ0) is 14.5. The van der Waals surface area contributed by atoms with Gasteiger partial charge in [0.25, 0.3) is 0 Å². The molecule has 1 unspecified atom stereocenters. The molecule has 0 spiro atoms. The van der Waals surface area contributed by atoms with Crippen molar-refractivity contribution in [3.8, 4) is 0 Å². The molecule has 0 saturated carbocycles. The van der Waals surface area contributed by atoms with Crippen molar-refractivity contribution in [2.45, 2.75) is 33.2 Å². The highest BCUT2D eigenvalue weighted by atomic mass is 14.9. The second kappa shape index (κ2) is 6.67. The van der Waals surface area contributed by atoms with Crippen LogP contribution in [0.3, 0.4) is 0 Å². The summed E-state index contributed by atoms with van der Waals surface area (Å²) in [6.45, 7) is 6.54. The van der Waals surface area contributed by atoms with Crippen molar-refractivity contribution < 1.29 is 0 Å².